The van der Waals surface area contributed by atoms with Gasteiger partial charge in [-0.2, -0.15) is 0 Å². The normalized spacial score (nSPS) is 11.0. The van der Waals surface area contributed by atoms with Crippen molar-refractivity contribution in [2.75, 3.05) is 0 Å². The smallest absolute Gasteiger partial charge is 0.276 e. The van der Waals surface area contributed by atoms with E-state index in [1.54, 1.807) is 29.0 Å². The molecule has 0 saturated carbocycles. The summed E-state index contributed by atoms with van der Waals surface area (Å²) in [7, 11) is 0. The van der Waals surface area contributed by atoms with Gasteiger partial charge < -0.3 is 9.55 Å². The summed E-state index contributed by atoms with van der Waals surface area (Å²) in [6.45, 7) is 0.150. The number of rotatable bonds is 3. The van der Waals surface area contributed by atoms with Crippen LogP contribution in [-0.4, -0.2) is 19.5 Å². The lowest BCUT2D eigenvalue weighted by atomic mass is 10.2. The average Bonchev–Trinajstić information content (AvgIpc) is 2.94. The van der Waals surface area contributed by atoms with Crippen LogP contribution in [0.25, 0.3) is 11.0 Å². The molecule has 2 aromatic heterocycles. The molecule has 0 saturated heterocycles. The van der Waals surface area contributed by atoms with Crippen molar-refractivity contribution in [1.29, 1.82) is 0 Å². The Balaban J connectivity index is 2.20. The van der Waals surface area contributed by atoms with Gasteiger partial charge in [-0.3, -0.25) is 19.9 Å². The van der Waals surface area contributed by atoms with E-state index in [0.717, 1.165) is 0 Å². The van der Waals surface area contributed by atoms with Gasteiger partial charge in [0, 0.05) is 22.8 Å². The molecule has 0 amide bonds. The number of nitro groups is 1. The lowest BCUT2D eigenvalue weighted by Crippen LogP contribution is -2.15. The SMILES string of the molecule is O=c1[nH]c(=S)n(Cc2ccc(Cl)cc2[N+](=O)[O-])c2cc[nH]c12. The summed E-state index contributed by atoms with van der Waals surface area (Å²) < 4.78 is 1.82. The Morgan fingerprint density at radius 1 is 1.36 bits per heavy atom. The van der Waals surface area contributed by atoms with Crippen LogP contribution in [0.4, 0.5) is 5.69 Å². The summed E-state index contributed by atoms with van der Waals surface area (Å²) in [5.74, 6) is 0. The van der Waals surface area contributed by atoms with E-state index in [4.69, 9.17) is 23.8 Å². The molecular formula is C13H9ClN4O3S. The molecule has 22 heavy (non-hydrogen) atoms. The molecule has 9 heteroatoms. The van der Waals surface area contributed by atoms with E-state index in [9.17, 15) is 14.9 Å². The van der Waals surface area contributed by atoms with Crippen LogP contribution >= 0.6 is 23.8 Å². The second kappa shape index (κ2) is 5.39. The molecule has 3 rings (SSSR count). The van der Waals surface area contributed by atoms with E-state index in [2.05, 4.69) is 9.97 Å². The summed E-state index contributed by atoms with van der Waals surface area (Å²) in [6, 6.07) is 6.14. The first-order valence-electron chi connectivity index (χ1n) is 6.20. The van der Waals surface area contributed by atoms with Crippen LogP contribution < -0.4 is 5.56 Å². The molecule has 0 aliphatic rings. The number of benzene rings is 1. The van der Waals surface area contributed by atoms with Crippen molar-refractivity contribution in [3.05, 3.63) is 66.3 Å². The maximum atomic E-state index is 11.8. The number of nitrogens with one attached hydrogen (secondary N) is 2. The van der Waals surface area contributed by atoms with Gasteiger partial charge in [-0.25, -0.2) is 0 Å². The molecule has 0 aliphatic carbocycles. The van der Waals surface area contributed by atoms with Crippen LogP contribution in [0.1, 0.15) is 5.56 Å². The van der Waals surface area contributed by atoms with Crippen LogP contribution in [-0.2, 0) is 6.54 Å². The maximum absolute atomic E-state index is 11.8. The monoisotopic (exact) mass is 336 g/mol. The predicted octanol–water partition coefficient (Wildman–Crippen LogP) is 3.00. The third kappa shape index (κ3) is 2.42. The molecule has 0 spiro atoms. The van der Waals surface area contributed by atoms with Crippen molar-refractivity contribution in [1.82, 2.24) is 14.5 Å². The van der Waals surface area contributed by atoms with Crippen molar-refractivity contribution in [2.45, 2.75) is 6.54 Å². The standard InChI is InChI=1S/C13H9ClN4O3S/c14-8-2-1-7(10(5-8)18(20)21)6-17-9-3-4-15-11(9)12(19)16-13(17)22/h1-5,15H,6H2,(H,16,19,22). The number of hydrogen-bond acceptors (Lipinski definition) is 4. The molecule has 112 valence electrons. The Hall–Kier alpha value is -2.45. The molecule has 0 fully saturated rings. The Morgan fingerprint density at radius 3 is 2.86 bits per heavy atom. The van der Waals surface area contributed by atoms with Gasteiger partial charge >= 0.3 is 0 Å². The fourth-order valence-corrected chi connectivity index (χ4v) is 2.69. The van der Waals surface area contributed by atoms with Crippen LogP contribution in [0.2, 0.25) is 5.02 Å². The molecule has 0 radical (unpaired) electrons. The first kappa shape index (κ1) is 14.5. The predicted molar refractivity (Wildman–Crippen MR) is 85.0 cm³/mol. The van der Waals surface area contributed by atoms with Gasteiger partial charge in [0.25, 0.3) is 11.2 Å². The summed E-state index contributed by atoms with van der Waals surface area (Å²) in [5, 5.41) is 11.4. The number of aromatic amines is 2. The van der Waals surface area contributed by atoms with E-state index in [-0.39, 0.29) is 27.6 Å². The topological polar surface area (TPSA) is 96.7 Å². The lowest BCUT2D eigenvalue weighted by Gasteiger charge is -2.09. The fourth-order valence-electron chi connectivity index (χ4n) is 2.27. The van der Waals surface area contributed by atoms with Crippen LogP contribution in [0.5, 0.6) is 0 Å². The molecule has 0 atom stereocenters. The summed E-state index contributed by atoms with van der Waals surface area (Å²) in [6.07, 6.45) is 1.61. The molecule has 2 heterocycles. The van der Waals surface area contributed by atoms with E-state index >= 15 is 0 Å². The quantitative estimate of drug-likeness (QED) is 0.436. The van der Waals surface area contributed by atoms with E-state index < -0.39 is 4.92 Å². The highest BCUT2D eigenvalue weighted by Gasteiger charge is 2.16. The Morgan fingerprint density at radius 2 is 2.14 bits per heavy atom. The second-order valence-corrected chi connectivity index (χ2v) is 5.44. The zero-order valence-corrected chi connectivity index (χ0v) is 12.6. The van der Waals surface area contributed by atoms with Gasteiger partial charge in [0.2, 0.25) is 0 Å². The van der Waals surface area contributed by atoms with E-state index in [1.165, 1.54) is 6.07 Å². The van der Waals surface area contributed by atoms with Gasteiger partial charge in [-0.15, -0.1) is 0 Å². The Kier molecular flexibility index (Phi) is 3.55. The van der Waals surface area contributed by atoms with Crippen molar-refractivity contribution in [3.63, 3.8) is 0 Å². The number of halogens is 1. The highest BCUT2D eigenvalue weighted by molar-refractivity contribution is 7.71. The number of H-pyrrole nitrogens is 2. The second-order valence-electron chi connectivity index (χ2n) is 4.61. The van der Waals surface area contributed by atoms with E-state index in [0.29, 0.717) is 16.6 Å². The average molecular weight is 337 g/mol. The van der Waals surface area contributed by atoms with Crippen molar-refractivity contribution < 1.29 is 4.92 Å². The lowest BCUT2D eigenvalue weighted by molar-refractivity contribution is -0.385. The largest absolute Gasteiger partial charge is 0.355 e. The zero-order chi connectivity index (χ0) is 15.9. The number of nitro benzene ring substituents is 1. The minimum atomic E-state index is -0.495. The molecule has 0 bridgehead atoms. The summed E-state index contributed by atoms with van der Waals surface area (Å²) >= 11 is 11.0. The zero-order valence-electron chi connectivity index (χ0n) is 11.0. The highest BCUT2D eigenvalue weighted by atomic mass is 35.5. The van der Waals surface area contributed by atoms with Crippen molar-refractivity contribution in [3.8, 4) is 0 Å². The fraction of sp³-hybridized carbons (Fsp3) is 0.0769. The van der Waals surface area contributed by atoms with Gasteiger partial charge in [0.1, 0.15) is 5.52 Å². The molecule has 7 nitrogen and oxygen atoms in total. The number of hydrogen-bond donors (Lipinski definition) is 2. The Labute approximate surface area is 133 Å². The van der Waals surface area contributed by atoms with E-state index in [1.807, 2.05) is 0 Å². The molecular weight excluding hydrogens is 328 g/mol. The van der Waals surface area contributed by atoms with Crippen molar-refractivity contribution in [2.24, 2.45) is 0 Å². The molecule has 1 aromatic carbocycles. The number of fused-ring (bicyclic) bond motifs is 1. The van der Waals surface area contributed by atoms with Gasteiger partial charge in [-0.1, -0.05) is 11.6 Å². The Bertz CT molecular complexity index is 1000. The summed E-state index contributed by atoms with van der Waals surface area (Å²) in [4.78, 5) is 27.8. The van der Waals surface area contributed by atoms with Crippen molar-refractivity contribution >= 4 is 40.5 Å². The third-order valence-electron chi connectivity index (χ3n) is 3.28. The molecule has 2 N–H and O–H groups in total. The van der Waals surface area contributed by atoms with Crippen LogP contribution in [0, 0.1) is 14.9 Å². The number of aromatic nitrogens is 3. The van der Waals surface area contributed by atoms with Gasteiger partial charge in [-0.05, 0) is 30.4 Å². The van der Waals surface area contributed by atoms with Gasteiger partial charge in [0.15, 0.2) is 4.77 Å². The van der Waals surface area contributed by atoms with Crippen LogP contribution in [0.3, 0.4) is 0 Å². The molecule has 3 aromatic rings. The maximum Gasteiger partial charge on any atom is 0.276 e. The molecule has 0 unspecified atom stereocenters. The van der Waals surface area contributed by atoms with Gasteiger partial charge in [0.05, 0.1) is 17.0 Å². The first-order valence-corrected chi connectivity index (χ1v) is 6.99. The first-order chi connectivity index (χ1) is 10.5. The number of nitrogens with zero attached hydrogens (tertiary/aromatic N) is 2. The third-order valence-corrected chi connectivity index (χ3v) is 3.84. The summed E-state index contributed by atoms with van der Waals surface area (Å²) in [5.41, 5.74) is 0.972. The molecule has 0 aliphatic heterocycles. The van der Waals surface area contributed by atoms with Crippen LogP contribution in [0.15, 0.2) is 35.3 Å². The highest BCUT2D eigenvalue weighted by Crippen LogP contribution is 2.24. The minimum absolute atomic E-state index is 0.0933. The minimum Gasteiger partial charge on any atom is -0.355 e.